The van der Waals surface area contributed by atoms with Gasteiger partial charge in [-0.05, 0) is 30.9 Å². The van der Waals surface area contributed by atoms with Gasteiger partial charge in [-0.1, -0.05) is 30.3 Å². The van der Waals surface area contributed by atoms with Gasteiger partial charge in [0.15, 0.2) is 5.69 Å². The first kappa shape index (κ1) is 24.7. The molecule has 0 radical (unpaired) electrons. The number of carbonyl (C=O) groups is 3. The highest BCUT2D eigenvalue weighted by Crippen LogP contribution is 2.27. The number of esters is 2. The minimum atomic E-state index is -0.880. The number of benzene rings is 2. The number of rotatable bonds is 10. The maximum absolute atomic E-state index is 12.7. The molecule has 0 unspecified atom stereocenters. The molecule has 2 aromatic carbocycles. The van der Waals surface area contributed by atoms with E-state index < -0.39 is 29.1 Å². The lowest BCUT2D eigenvalue weighted by atomic mass is 10.0. The molecule has 0 bridgehead atoms. The Bertz CT molecular complexity index is 1210. The van der Waals surface area contributed by atoms with Crippen molar-refractivity contribution < 1.29 is 23.9 Å². The van der Waals surface area contributed by atoms with E-state index in [1.807, 2.05) is 38.4 Å². The first-order chi connectivity index (χ1) is 16.4. The molecule has 34 heavy (non-hydrogen) atoms. The second-order valence-corrected chi connectivity index (χ2v) is 7.48. The molecule has 0 amide bonds. The lowest BCUT2D eigenvalue weighted by molar-refractivity contribution is 0.0465. The molecule has 0 spiro atoms. The van der Waals surface area contributed by atoms with Gasteiger partial charge >= 0.3 is 11.9 Å². The maximum Gasteiger partial charge on any atom is 0.361 e. The molecule has 0 aliphatic carbocycles. The zero-order valence-electron chi connectivity index (χ0n) is 19.6. The molecule has 1 heterocycles. The monoisotopic (exact) mass is 465 g/mol. The SMILES string of the molecule is CCOC(=O)c1nnc(C(=O)CNCc2cccc3c(N(C)C)cccc23)nc1C(=O)OCC. The Morgan fingerprint density at radius 3 is 2.21 bits per heavy atom. The van der Waals surface area contributed by atoms with Crippen LogP contribution >= 0.6 is 0 Å². The Balaban J connectivity index is 1.76. The minimum absolute atomic E-state index is 0.0660. The van der Waals surface area contributed by atoms with Crippen molar-refractivity contribution in [2.45, 2.75) is 20.4 Å². The highest BCUT2D eigenvalue weighted by Gasteiger charge is 2.26. The average molecular weight is 466 g/mol. The summed E-state index contributed by atoms with van der Waals surface area (Å²) >= 11 is 0. The highest BCUT2D eigenvalue weighted by atomic mass is 16.5. The van der Waals surface area contributed by atoms with E-state index in [4.69, 9.17) is 9.47 Å². The van der Waals surface area contributed by atoms with Crippen molar-refractivity contribution in [2.75, 3.05) is 38.8 Å². The number of hydrogen-bond acceptors (Lipinski definition) is 10. The summed E-state index contributed by atoms with van der Waals surface area (Å²) in [5.74, 6) is -2.52. The molecule has 3 aromatic rings. The van der Waals surface area contributed by atoms with Gasteiger partial charge in [0.2, 0.25) is 17.3 Å². The van der Waals surface area contributed by atoms with Crippen LogP contribution in [0.5, 0.6) is 0 Å². The van der Waals surface area contributed by atoms with E-state index in [0.29, 0.717) is 6.54 Å². The fourth-order valence-electron chi connectivity index (χ4n) is 3.42. The van der Waals surface area contributed by atoms with Gasteiger partial charge in [0.1, 0.15) is 0 Å². The summed E-state index contributed by atoms with van der Waals surface area (Å²) in [6.45, 7) is 3.71. The predicted molar refractivity (Wildman–Crippen MR) is 126 cm³/mol. The molecule has 10 heteroatoms. The standard InChI is InChI=1S/C24H27N5O5/c1-5-33-23(31)20-21(24(32)34-6-2)27-28-22(26-20)19(30)14-25-13-15-9-7-11-17-16(15)10-8-12-18(17)29(3)4/h7-12,25H,5-6,13-14H2,1-4H3. The van der Waals surface area contributed by atoms with Crippen LogP contribution in [0.25, 0.3) is 10.8 Å². The van der Waals surface area contributed by atoms with Gasteiger partial charge in [-0.25, -0.2) is 14.6 Å². The first-order valence-corrected chi connectivity index (χ1v) is 10.9. The van der Waals surface area contributed by atoms with Gasteiger partial charge in [-0.15, -0.1) is 10.2 Å². The summed E-state index contributed by atoms with van der Waals surface area (Å²) in [4.78, 5) is 43.0. The lowest BCUT2D eigenvalue weighted by Gasteiger charge is -2.17. The average Bonchev–Trinajstić information content (AvgIpc) is 2.83. The molecule has 0 saturated carbocycles. The highest BCUT2D eigenvalue weighted by molar-refractivity contribution is 6.02. The number of Topliss-reactive ketones (excluding diaryl/α,β-unsaturated/α-hetero) is 1. The number of carbonyl (C=O) groups excluding carboxylic acids is 3. The van der Waals surface area contributed by atoms with E-state index in [1.54, 1.807) is 13.8 Å². The van der Waals surface area contributed by atoms with E-state index in [2.05, 4.69) is 37.5 Å². The van der Waals surface area contributed by atoms with Crippen LogP contribution < -0.4 is 10.2 Å². The number of ketones is 1. The topological polar surface area (TPSA) is 124 Å². The molecule has 10 nitrogen and oxygen atoms in total. The van der Waals surface area contributed by atoms with E-state index in [9.17, 15) is 14.4 Å². The number of aromatic nitrogens is 3. The lowest BCUT2D eigenvalue weighted by Crippen LogP contribution is -2.27. The Hall–Kier alpha value is -3.92. The summed E-state index contributed by atoms with van der Waals surface area (Å²) < 4.78 is 9.81. The summed E-state index contributed by atoms with van der Waals surface area (Å²) in [6.07, 6.45) is 0. The molecule has 178 valence electrons. The summed E-state index contributed by atoms with van der Waals surface area (Å²) in [6, 6.07) is 12.1. The molecule has 3 rings (SSSR count). The van der Waals surface area contributed by atoms with Gasteiger partial charge < -0.3 is 19.7 Å². The van der Waals surface area contributed by atoms with E-state index in [-0.39, 0.29) is 25.6 Å². The molecular weight excluding hydrogens is 438 g/mol. The van der Waals surface area contributed by atoms with Crippen molar-refractivity contribution in [3.8, 4) is 0 Å². The minimum Gasteiger partial charge on any atom is -0.461 e. The van der Waals surface area contributed by atoms with Crippen LogP contribution in [0.2, 0.25) is 0 Å². The van der Waals surface area contributed by atoms with Crippen LogP contribution in [0.4, 0.5) is 5.69 Å². The fourth-order valence-corrected chi connectivity index (χ4v) is 3.42. The van der Waals surface area contributed by atoms with Crippen molar-refractivity contribution in [2.24, 2.45) is 0 Å². The second-order valence-electron chi connectivity index (χ2n) is 7.48. The predicted octanol–water partition coefficient (Wildman–Crippen LogP) is 2.42. The molecule has 0 saturated heterocycles. The van der Waals surface area contributed by atoms with Crippen LogP contribution in [0.3, 0.4) is 0 Å². The molecule has 1 aromatic heterocycles. The number of hydrogen-bond donors (Lipinski definition) is 1. The van der Waals surface area contributed by atoms with Crippen molar-refractivity contribution >= 4 is 34.2 Å². The molecular formula is C24H27N5O5. The first-order valence-electron chi connectivity index (χ1n) is 10.9. The second kappa shape index (κ2) is 11.3. The van der Waals surface area contributed by atoms with Gasteiger partial charge in [-0.2, -0.15) is 0 Å². The normalized spacial score (nSPS) is 10.7. The zero-order valence-corrected chi connectivity index (χ0v) is 19.6. The largest absolute Gasteiger partial charge is 0.461 e. The Morgan fingerprint density at radius 2 is 1.53 bits per heavy atom. The molecule has 0 atom stereocenters. The van der Waals surface area contributed by atoms with Crippen LogP contribution in [0.1, 0.15) is 51.0 Å². The van der Waals surface area contributed by atoms with Crippen molar-refractivity contribution in [3.63, 3.8) is 0 Å². The fraction of sp³-hybridized carbons (Fsp3) is 0.333. The van der Waals surface area contributed by atoms with Gasteiger partial charge in [0, 0.05) is 31.7 Å². The molecule has 1 N–H and O–H groups in total. The van der Waals surface area contributed by atoms with Gasteiger partial charge in [0.05, 0.1) is 19.8 Å². The summed E-state index contributed by atoms with van der Waals surface area (Å²) in [5, 5.41) is 12.7. The van der Waals surface area contributed by atoms with Crippen molar-refractivity contribution in [3.05, 3.63) is 59.2 Å². The zero-order chi connectivity index (χ0) is 24.7. The van der Waals surface area contributed by atoms with Crippen LogP contribution in [-0.2, 0) is 16.0 Å². The smallest absolute Gasteiger partial charge is 0.361 e. The van der Waals surface area contributed by atoms with Crippen LogP contribution in [0, 0.1) is 0 Å². The van der Waals surface area contributed by atoms with Gasteiger partial charge in [-0.3, -0.25) is 4.79 Å². The Morgan fingerprint density at radius 1 is 0.882 bits per heavy atom. The van der Waals surface area contributed by atoms with Crippen molar-refractivity contribution in [1.29, 1.82) is 0 Å². The van der Waals surface area contributed by atoms with E-state index >= 15 is 0 Å². The van der Waals surface area contributed by atoms with Crippen LogP contribution in [-0.4, -0.2) is 66.8 Å². The quantitative estimate of drug-likeness (QED) is 0.353. The van der Waals surface area contributed by atoms with E-state index in [1.165, 1.54) is 0 Å². The Kier molecular flexibility index (Phi) is 8.20. The Labute approximate surface area is 197 Å². The van der Waals surface area contributed by atoms with Gasteiger partial charge in [0.25, 0.3) is 0 Å². The third-order valence-corrected chi connectivity index (χ3v) is 4.95. The third-order valence-electron chi connectivity index (χ3n) is 4.95. The van der Waals surface area contributed by atoms with Crippen LogP contribution in [0.15, 0.2) is 36.4 Å². The molecule has 0 aliphatic heterocycles. The number of anilines is 1. The number of ether oxygens (including phenoxy) is 2. The molecule has 0 fully saturated rings. The molecule has 0 aliphatic rings. The van der Waals surface area contributed by atoms with Crippen molar-refractivity contribution in [1.82, 2.24) is 20.5 Å². The van der Waals surface area contributed by atoms with E-state index in [0.717, 1.165) is 22.0 Å². The summed E-state index contributed by atoms with van der Waals surface area (Å²) in [7, 11) is 3.98. The third kappa shape index (κ3) is 5.52. The summed E-state index contributed by atoms with van der Waals surface area (Å²) in [5.41, 5.74) is 1.34. The number of fused-ring (bicyclic) bond motifs is 1. The maximum atomic E-state index is 12.7. The number of nitrogens with zero attached hydrogens (tertiary/aromatic N) is 4. The number of nitrogens with one attached hydrogen (secondary N) is 1.